The van der Waals surface area contributed by atoms with Crippen molar-refractivity contribution < 1.29 is 14.3 Å². The number of hydrogen-bond donors (Lipinski definition) is 3. The molecule has 4 rings (SSSR count). The molecule has 0 aliphatic heterocycles. The summed E-state index contributed by atoms with van der Waals surface area (Å²) in [5.74, 6) is 0.476. The second kappa shape index (κ2) is 12.9. The number of ether oxygens (including phenoxy) is 2. The Labute approximate surface area is 222 Å². The third-order valence-corrected chi connectivity index (χ3v) is 7.65. The van der Waals surface area contributed by atoms with Crippen molar-refractivity contribution in [2.75, 3.05) is 39.2 Å². The van der Waals surface area contributed by atoms with Crippen LogP contribution in [0.4, 0.5) is 5.69 Å². The lowest BCUT2D eigenvalue weighted by molar-refractivity contribution is 0.0923. The van der Waals surface area contributed by atoms with Crippen LogP contribution in [0, 0.1) is 17.2 Å². The quantitative estimate of drug-likeness (QED) is 0.311. The number of benzene rings is 2. The number of anilines is 1. The van der Waals surface area contributed by atoms with Gasteiger partial charge in [-0.05, 0) is 50.1 Å². The fourth-order valence-corrected chi connectivity index (χ4v) is 5.41. The normalized spacial score (nSPS) is 18.2. The minimum atomic E-state index is -0.135. The second-order valence-corrected chi connectivity index (χ2v) is 10.4. The summed E-state index contributed by atoms with van der Waals surface area (Å²) < 4.78 is 10.7. The van der Waals surface area contributed by atoms with Gasteiger partial charge < -0.3 is 25.4 Å². The zero-order chi connectivity index (χ0) is 26.2. The zero-order valence-corrected chi connectivity index (χ0v) is 22.5. The molecule has 196 valence electrons. The number of carbonyl (C=O) groups excluding carboxylic acids is 1. The molecular weight excluding hydrogens is 486 g/mol. The molecule has 1 atom stereocenters. The molecule has 1 unspecified atom stereocenters. The van der Waals surface area contributed by atoms with E-state index < -0.39 is 0 Å². The van der Waals surface area contributed by atoms with Crippen molar-refractivity contribution in [3.63, 3.8) is 0 Å². The van der Waals surface area contributed by atoms with Gasteiger partial charge in [-0.2, -0.15) is 5.26 Å². The van der Waals surface area contributed by atoms with Crippen LogP contribution in [-0.2, 0) is 4.74 Å². The summed E-state index contributed by atoms with van der Waals surface area (Å²) in [5, 5.41) is 23.7. The molecule has 1 saturated carbocycles. The molecular formula is C28H35N5O3S. The van der Waals surface area contributed by atoms with Crippen LogP contribution in [-0.4, -0.2) is 56.9 Å². The molecule has 1 aromatic heterocycles. The number of thiazole rings is 1. The average Bonchev–Trinajstić information content (AvgIpc) is 3.43. The lowest BCUT2D eigenvalue weighted by Gasteiger charge is -2.29. The van der Waals surface area contributed by atoms with Crippen molar-refractivity contribution in [2.45, 2.75) is 44.7 Å². The third kappa shape index (κ3) is 6.77. The second-order valence-electron chi connectivity index (χ2n) is 9.50. The molecule has 8 nitrogen and oxygen atoms in total. The highest BCUT2D eigenvalue weighted by molar-refractivity contribution is 7.12. The van der Waals surface area contributed by atoms with E-state index in [1.165, 1.54) is 11.3 Å². The van der Waals surface area contributed by atoms with E-state index in [4.69, 9.17) is 9.47 Å². The number of rotatable bonds is 11. The number of carbonyl (C=O) groups is 1. The van der Waals surface area contributed by atoms with Gasteiger partial charge in [0.05, 0.1) is 37.1 Å². The molecule has 1 fully saturated rings. The van der Waals surface area contributed by atoms with Crippen molar-refractivity contribution in [2.24, 2.45) is 5.92 Å². The zero-order valence-electron chi connectivity index (χ0n) is 21.7. The number of nitriles is 1. The summed E-state index contributed by atoms with van der Waals surface area (Å²) in [6.07, 6.45) is 4.01. The van der Waals surface area contributed by atoms with Gasteiger partial charge in [0.25, 0.3) is 5.91 Å². The summed E-state index contributed by atoms with van der Waals surface area (Å²) in [6, 6.07) is 13.0. The molecule has 3 aromatic rings. The largest absolute Gasteiger partial charge is 0.495 e. The lowest BCUT2D eigenvalue weighted by Crippen LogP contribution is -2.42. The standard InChI is InChI=1S/C28H35N5O3S/c1-18(15-29)16-31-26-23-14-20(5-4-19(23)6-11-25(26)36-3)24-17-37-28(33-24)27(34)32-22-9-7-21(8-10-22)30-12-13-35-2/h4-6,11,14,17-18,21-22,30-31H,7-10,12-13,16H2,1-3H3,(H,32,34). The monoisotopic (exact) mass is 521 g/mol. The first-order chi connectivity index (χ1) is 18.0. The van der Waals surface area contributed by atoms with Gasteiger partial charge in [0.15, 0.2) is 5.01 Å². The molecule has 2 aromatic carbocycles. The smallest absolute Gasteiger partial charge is 0.280 e. The molecule has 9 heteroatoms. The van der Waals surface area contributed by atoms with Crippen LogP contribution in [0.2, 0.25) is 0 Å². The summed E-state index contributed by atoms with van der Waals surface area (Å²) in [4.78, 5) is 17.6. The number of methoxy groups -OCH3 is 2. The Morgan fingerprint density at radius 2 is 1.95 bits per heavy atom. The predicted molar refractivity (Wildman–Crippen MR) is 148 cm³/mol. The molecule has 1 aliphatic carbocycles. The van der Waals surface area contributed by atoms with E-state index in [-0.39, 0.29) is 17.9 Å². The number of fused-ring (bicyclic) bond motifs is 1. The molecule has 37 heavy (non-hydrogen) atoms. The fraction of sp³-hybridized carbons (Fsp3) is 0.464. The lowest BCUT2D eigenvalue weighted by atomic mass is 9.91. The van der Waals surface area contributed by atoms with Crippen LogP contribution in [0.1, 0.15) is 42.4 Å². The minimum Gasteiger partial charge on any atom is -0.495 e. The first-order valence-corrected chi connectivity index (χ1v) is 13.6. The fourth-order valence-electron chi connectivity index (χ4n) is 4.68. The van der Waals surface area contributed by atoms with Crippen LogP contribution in [0.15, 0.2) is 35.7 Å². The first-order valence-electron chi connectivity index (χ1n) is 12.8. The van der Waals surface area contributed by atoms with Crippen LogP contribution in [0.25, 0.3) is 22.0 Å². The Kier molecular flexibility index (Phi) is 9.34. The van der Waals surface area contributed by atoms with E-state index in [0.717, 1.165) is 65.7 Å². The highest BCUT2D eigenvalue weighted by Gasteiger charge is 2.23. The van der Waals surface area contributed by atoms with Gasteiger partial charge in [-0.25, -0.2) is 4.98 Å². The van der Waals surface area contributed by atoms with E-state index in [2.05, 4.69) is 33.1 Å². The number of amides is 1. The Morgan fingerprint density at radius 3 is 2.68 bits per heavy atom. The predicted octanol–water partition coefficient (Wildman–Crippen LogP) is 4.82. The van der Waals surface area contributed by atoms with Crippen LogP contribution in [0.3, 0.4) is 0 Å². The summed E-state index contributed by atoms with van der Waals surface area (Å²) in [7, 11) is 3.35. The maximum Gasteiger partial charge on any atom is 0.280 e. The molecule has 0 saturated heterocycles. The SMILES string of the molecule is COCCNC1CCC(NC(=O)c2nc(-c3ccc4ccc(OC)c(NCC(C)C#N)c4c3)cs2)CC1. The number of hydrogen-bond acceptors (Lipinski definition) is 8. The van der Waals surface area contributed by atoms with Crippen LogP contribution >= 0.6 is 11.3 Å². The highest BCUT2D eigenvalue weighted by atomic mass is 32.1. The maximum absolute atomic E-state index is 12.9. The van der Waals surface area contributed by atoms with Crippen molar-refractivity contribution in [1.29, 1.82) is 5.26 Å². The van der Waals surface area contributed by atoms with Crippen LogP contribution < -0.4 is 20.7 Å². The molecule has 0 spiro atoms. The molecule has 1 aliphatic rings. The molecule has 0 bridgehead atoms. The highest BCUT2D eigenvalue weighted by Crippen LogP contribution is 2.36. The van der Waals surface area contributed by atoms with Crippen molar-refractivity contribution in [1.82, 2.24) is 15.6 Å². The van der Waals surface area contributed by atoms with Gasteiger partial charge in [-0.3, -0.25) is 4.79 Å². The Hall–Kier alpha value is -3.19. The van der Waals surface area contributed by atoms with Crippen molar-refractivity contribution in [3.8, 4) is 23.1 Å². The third-order valence-electron chi connectivity index (χ3n) is 6.80. The number of nitrogens with one attached hydrogen (secondary N) is 3. The summed E-state index contributed by atoms with van der Waals surface area (Å²) >= 11 is 1.36. The van der Waals surface area contributed by atoms with E-state index in [9.17, 15) is 10.1 Å². The van der Waals surface area contributed by atoms with Gasteiger partial charge in [0, 0.05) is 48.6 Å². The van der Waals surface area contributed by atoms with Gasteiger partial charge >= 0.3 is 0 Å². The average molecular weight is 522 g/mol. The summed E-state index contributed by atoms with van der Waals surface area (Å²) in [6.45, 7) is 3.97. The van der Waals surface area contributed by atoms with Gasteiger partial charge in [-0.15, -0.1) is 11.3 Å². The van der Waals surface area contributed by atoms with Gasteiger partial charge in [-0.1, -0.05) is 18.2 Å². The maximum atomic E-state index is 12.9. The minimum absolute atomic E-state index is 0.109. The van der Waals surface area contributed by atoms with E-state index in [1.54, 1.807) is 14.2 Å². The molecule has 0 radical (unpaired) electrons. The van der Waals surface area contributed by atoms with E-state index in [0.29, 0.717) is 24.2 Å². The summed E-state index contributed by atoms with van der Waals surface area (Å²) in [5.41, 5.74) is 2.54. The topological polar surface area (TPSA) is 108 Å². The van der Waals surface area contributed by atoms with Crippen molar-refractivity contribution in [3.05, 3.63) is 40.7 Å². The Bertz CT molecular complexity index is 1250. The van der Waals surface area contributed by atoms with Crippen molar-refractivity contribution >= 4 is 33.7 Å². The van der Waals surface area contributed by atoms with Gasteiger partial charge in [0.1, 0.15) is 5.75 Å². The molecule has 3 N–H and O–H groups in total. The van der Waals surface area contributed by atoms with E-state index in [1.807, 2.05) is 36.6 Å². The Morgan fingerprint density at radius 1 is 1.19 bits per heavy atom. The first kappa shape index (κ1) is 26.9. The van der Waals surface area contributed by atoms with E-state index >= 15 is 0 Å². The number of aromatic nitrogens is 1. The van der Waals surface area contributed by atoms with Crippen LogP contribution in [0.5, 0.6) is 5.75 Å². The molecule has 1 amide bonds. The number of nitrogens with zero attached hydrogens (tertiary/aromatic N) is 2. The Balaban J connectivity index is 1.45. The van der Waals surface area contributed by atoms with Gasteiger partial charge in [0.2, 0.25) is 0 Å². The molecule has 1 heterocycles.